The van der Waals surface area contributed by atoms with Crippen LogP contribution in [-0.4, -0.2) is 27.6 Å². The van der Waals surface area contributed by atoms with Crippen LogP contribution in [0, 0.1) is 0 Å². The fourth-order valence-electron chi connectivity index (χ4n) is 0.941. The highest BCUT2D eigenvalue weighted by molar-refractivity contribution is 9.09. The van der Waals surface area contributed by atoms with E-state index in [4.69, 9.17) is 5.11 Å². The van der Waals surface area contributed by atoms with Crippen molar-refractivity contribution in [1.82, 2.24) is 4.90 Å². The van der Waals surface area contributed by atoms with Gasteiger partial charge in [-0.2, -0.15) is 0 Å². The summed E-state index contributed by atoms with van der Waals surface area (Å²) in [7, 11) is 0. The lowest BCUT2D eigenvalue weighted by molar-refractivity contribution is 0.153. The molecule has 0 bridgehead atoms. The Balaban J connectivity index is 2.49. The summed E-state index contributed by atoms with van der Waals surface area (Å²) in [6.45, 7) is 0.672. The number of rotatable bonds is 0. The summed E-state index contributed by atoms with van der Waals surface area (Å²) in [5.41, 5.74) is 0. The molecule has 9 heavy (non-hydrogen) atoms. The number of hydrogen-bond acceptors (Lipinski definition) is 1. The lowest BCUT2D eigenvalue weighted by atomic mass is 10.4. The minimum atomic E-state index is -0.825. The molecule has 1 amide bonds. The van der Waals surface area contributed by atoms with Gasteiger partial charge in [-0.1, -0.05) is 15.9 Å². The second kappa shape index (κ2) is 2.56. The van der Waals surface area contributed by atoms with Gasteiger partial charge in [0.05, 0.1) is 4.95 Å². The molecule has 0 aromatic rings. The van der Waals surface area contributed by atoms with Gasteiger partial charge in [-0.05, 0) is 12.8 Å². The molecular weight excluding hydrogens is 186 g/mol. The first-order chi connectivity index (χ1) is 4.22. The molecule has 3 nitrogen and oxygen atoms in total. The van der Waals surface area contributed by atoms with Crippen molar-refractivity contribution in [3.63, 3.8) is 0 Å². The Hall–Kier alpha value is -0.250. The van der Waals surface area contributed by atoms with Gasteiger partial charge in [-0.3, -0.25) is 4.90 Å². The molecule has 0 radical (unpaired) electrons. The fraction of sp³-hybridized carbons (Fsp3) is 0.800. The highest BCUT2D eigenvalue weighted by atomic mass is 79.9. The predicted octanol–water partition coefficient (Wildman–Crippen LogP) is 1.48. The van der Waals surface area contributed by atoms with Crippen LogP contribution in [0.1, 0.15) is 12.8 Å². The van der Waals surface area contributed by atoms with E-state index in [0.717, 1.165) is 12.8 Å². The van der Waals surface area contributed by atoms with Gasteiger partial charge >= 0.3 is 6.09 Å². The van der Waals surface area contributed by atoms with Crippen molar-refractivity contribution in [3.05, 3.63) is 0 Å². The topological polar surface area (TPSA) is 40.5 Å². The van der Waals surface area contributed by atoms with Gasteiger partial charge in [-0.15, -0.1) is 0 Å². The molecule has 1 heterocycles. The third-order valence-corrected chi connectivity index (χ3v) is 2.38. The summed E-state index contributed by atoms with van der Waals surface area (Å²) < 4.78 is 0. The van der Waals surface area contributed by atoms with Crippen LogP contribution in [0.2, 0.25) is 0 Å². The number of carboxylic acid groups (broad SMARTS) is 1. The summed E-state index contributed by atoms with van der Waals surface area (Å²) in [5, 5.41) is 8.48. The molecule has 0 aromatic heterocycles. The zero-order valence-electron chi connectivity index (χ0n) is 4.88. The predicted molar refractivity (Wildman–Crippen MR) is 36.7 cm³/mol. The van der Waals surface area contributed by atoms with Crippen LogP contribution in [0.5, 0.6) is 0 Å². The van der Waals surface area contributed by atoms with Gasteiger partial charge < -0.3 is 5.11 Å². The van der Waals surface area contributed by atoms with E-state index < -0.39 is 6.09 Å². The normalized spacial score (nSPS) is 26.8. The van der Waals surface area contributed by atoms with E-state index in [1.54, 1.807) is 0 Å². The summed E-state index contributed by atoms with van der Waals surface area (Å²) in [4.78, 5) is 11.8. The first-order valence-corrected chi connectivity index (χ1v) is 3.77. The molecule has 1 aliphatic rings. The Kier molecular flexibility index (Phi) is 1.95. The summed E-state index contributed by atoms with van der Waals surface area (Å²) in [5.74, 6) is 0. The molecule has 1 saturated heterocycles. The molecular formula is C5H8BrNO2. The lowest BCUT2D eigenvalue weighted by Crippen LogP contribution is -2.30. The monoisotopic (exact) mass is 193 g/mol. The van der Waals surface area contributed by atoms with Gasteiger partial charge in [0, 0.05) is 6.54 Å². The molecule has 0 aromatic carbocycles. The van der Waals surface area contributed by atoms with Crippen LogP contribution < -0.4 is 0 Å². The molecule has 1 atom stereocenters. The zero-order chi connectivity index (χ0) is 6.85. The van der Waals surface area contributed by atoms with Gasteiger partial charge in [0.2, 0.25) is 0 Å². The standard InChI is InChI=1S/C5H8BrNO2/c6-4-2-1-3-7(4)5(8)9/h4H,1-3H2,(H,8,9). The van der Waals surface area contributed by atoms with Crippen LogP contribution in [0.25, 0.3) is 0 Å². The number of alkyl halides is 1. The van der Waals surface area contributed by atoms with Crippen LogP contribution >= 0.6 is 15.9 Å². The van der Waals surface area contributed by atoms with Crippen molar-refractivity contribution in [2.75, 3.05) is 6.54 Å². The number of nitrogens with zero attached hydrogens (tertiary/aromatic N) is 1. The smallest absolute Gasteiger partial charge is 0.408 e. The molecule has 1 rings (SSSR count). The van der Waals surface area contributed by atoms with Crippen LogP contribution in [0.4, 0.5) is 4.79 Å². The average Bonchev–Trinajstić information content (AvgIpc) is 2.13. The largest absolute Gasteiger partial charge is 0.465 e. The van der Waals surface area contributed by atoms with E-state index in [1.807, 2.05) is 0 Å². The van der Waals surface area contributed by atoms with Gasteiger partial charge in [0.15, 0.2) is 0 Å². The van der Waals surface area contributed by atoms with Crippen molar-refractivity contribution < 1.29 is 9.90 Å². The minimum absolute atomic E-state index is 0.0509. The minimum Gasteiger partial charge on any atom is -0.465 e. The Labute approximate surface area is 61.8 Å². The van der Waals surface area contributed by atoms with Crippen molar-refractivity contribution in [3.8, 4) is 0 Å². The number of likely N-dealkylation sites (tertiary alicyclic amines) is 1. The van der Waals surface area contributed by atoms with E-state index in [0.29, 0.717) is 6.54 Å². The maximum atomic E-state index is 10.3. The van der Waals surface area contributed by atoms with E-state index in [2.05, 4.69) is 15.9 Å². The Morgan fingerprint density at radius 3 is 2.67 bits per heavy atom. The molecule has 52 valence electrons. The van der Waals surface area contributed by atoms with Gasteiger partial charge in [0.1, 0.15) is 0 Å². The van der Waals surface area contributed by atoms with E-state index in [-0.39, 0.29) is 4.95 Å². The van der Waals surface area contributed by atoms with E-state index in [9.17, 15) is 4.79 Å². The molecule has 0 saturated carbocycles. The quantitative estimate of drug-likeness (QED) is 0.468. The van der Waals surface area contributed by atoms with Gasteiger partial charge in [-0.25, -0.2) is 4.79 Å². The molecule has 0 spiro atoms. The Bertz CT molecular complexity index is 128. The Morgan fingerprint density at radius 1 is 1.78 bits per heavy atom. The van der Waals surface area contributed by atoms with Crippen molar-refractivity contribution in [2.45, 2.75) is 17.8 Å². The molecule has 1 aliphatic heterocycles. The number of hydrogen-bond donors (Lipinski definition) is 1. The summed E-state index contributed by atoms with van der Waals surface area (Å²) in [6.07, 6.45) is 1.09. The third-order valence-electron chi connectivity index (χ3n) is 1.43. The van der Waals surface area contributed by atoms with Crippen molar-refractivity contribution >= 4 is 22.0 Å². The molecule has 1 fully saturated rings. The third kappa shape index (κ3) is 1.36. The number of carbonyl (C=O) groups is 1. The summed E-state index contributed by atoms with van der Waals surface area (Å²) >= 11 is 3.25. The fourth-order valence-corrected chi connectivity index (χ4v) is 1.65. The first kappa shape index (κ1) is 6.86. The van der Waals surface area contributed by atoms with Crippen LogP contribution in [0.3, 0.4) is 0 Å². The maximum absolute atomic E-state index is 10.3. The van der Waals surface area contributed by atoms with Crippen LogP contribution in [0.15, 0.2) is 0 Å². The lowest BCUT2D eigenvalue weighted by Gasteiger charge is -2.14. The van der Waals surface area contributed by atoms with Crippen molar-refractivity contribution in [2.24, 2.45) is 0 Å². The highest BCUT2D eigenvalue weighted by Crippen LogP contribution is 2.21. The second-order valence-corrected chi connectivity index (χ2v) is 3.11. The highest BCUT2D eigenvalue weighted by Gasteiger charge is 2.25. The van der Waals surface area contributed by atoms with Gasteiger partial charge in [0.25, 0.3) is 0 Å². The first-order valence-electron chi connectivity index (χ1n) is 2.85. The molecule has 4 heteroatoms. The second-order valence-electron chi connectivity index (χ2n) is 2.05. The van der Waals surface area contributed by atoms with E-state index >= 15 is 0 Å². The molecule has 0 aliphatic carbocycles. The molecule has 1 unspecified atom stereocenters. The average molecular weight is 194 g/mol. The number of halogens is 1. The zero-order valence-corrected chi connectivity index (χ0v) is 6.47. The number of amides is 1. The SMILES string of the molecule is O=C(O)N1CCCC1Br. The maximum Gasteiger partial charge on any atom is 0.408 e. The summed E-state index contributed by atoms with van der Waals surface area (Å²) in [6, 6.07) is 0. The van der Waals surface area contributed by atoms with E-state index in [1.165, 1.54) is 4.90 Å². The van der Waals surface area contributed by atoms with Crippen molar-refractivity contribution in [1.29, 1.82) is 0 Å². The molecule has 1 N–H and O–H groups in total. The Morgan fingerprint density at radius 2 is 2.44 bits per heavy atom. The van der Waals surface area contributed by atoms with Crippen LogP contribution in [-0.2, 0) is 0 Å².